The van der Waals surface area contributed by atoms with E-state index >= 15 is 0 Å². The van der Waals surface area contributed by atoms with Gasteiger partial charge in [-0.15, -0.1) is 0 Å². The molecule has 0 aliphatic carbocycles. The highest BCUT2D eigenvalue weighted by atomic mass is 16.6. The van der Waals surface area contributed by atoms with Crippen molar-refractivity contribution < 1.29 is 4.92 Å². The molecule has 0 radical (unpaired) electrons. The Hall–Kier alpha value is -2.67. The summed E-state index contributed by atoms with van der Waals surface area (Å²) < 4.78 is 0. The van der Waals surface area contributed by atoms with Crippen molar-refractivity contribution in [2.24, 2.45) is 0 Å². The van der Waals surface area contributed by atoms with E-state index in [9.17, 15) is 10.1 Å². The molecule has 0 fully saturated rings. The van der Waals surface area contributed by atoms with Crippen molar-refractivity contribution in [3.63, 3.8) is 0 Å². The molecular weight excluding hydrogens is 252 g/mol. The summed E-state index contributed by atoms with van der Waals surface area (Å²) in [6.07, 6.45) is 1.71. The van der Waals surface area contributed by atoms with E-state index in [1.54, 1.807) is 24.3 Å². The summed E-state index contributed by atoms with van der Waals surface area (Å²) in [5, 5.41) is 19.7. The number of hydrogen-bond acceptors (Lipinski definition) is 3. The van der Waals surface area contributed by atoms with E-state index < -0.39 is 0 Å². The Kier molecular flexibility index (Phi) is 4.11. The second-order valence-corrected chi connectivity index (χ2v) is 4.54. The molecule has 0 amide bonds. The fourth-order valence-electron chi connectivity index (χ4n) is 2.18. The van der Waals surface area contributed by atoms with E-state index in [1.807, 2.05) is 19.1 Å². The second-order valence-electron chi connectivity index (χ2n) is 4.54. The number of nitro benzene ring substituents is 1. The Morgan fingerprint density at radius 1 is 1.20 bits per heavy atom. The van der Waals surface area contributed by atoms with Crippen molar-refractivity contribution in [1.29, 1.82) is 5.26 Å². The zero-order valence-electron chi connectivity index (χ0n) is 11.2. The predicted octanol–water partition coefficient (Wildman–Crippen LogP) is 4.09. The van der Waals surface area contributed by atoms with Gasteiger partial charge in [-0.25, -0.2) is 0 Å². The van der Waals surface area contributed by atoms with E-state index in [0.29, 0.717) is 5.56 Å². The highest BCUT2D eigenvalue weighted by molar-refractivity contribution is 5.69. The van der Waals surface area contributed by atoms with Gasteiger partial charge in [-0.3, -0.25) is 10.1 Å². The zero-order valence-corrected chi connectivity index (χ0v) is 11.2. The lowest BCUT2D eigenvalue weighted by molar-refractivity contribution is -0.384. The summed E-state index contributed by atoms with van der Waals surface area (Å²) in [4.78, 5) is 10.5. The average molecular weight is 266 g/mol. The molecule has 0 aromatic heterocycles. The van der Waals surface area contributed by atoms with Gasteiger partial charge < -0.3 is 0 Å². The van der Waals surface area contributed by atoms with Crippen LogP contribution in [-0.2, 0) is 6.42 Å². The number of nitriles is 1. The van der Waals surface area contributed by atoms with Gasteiger partial charge in [-0.1, -0.05) is 25.5 Å². The van der Waals surface area contributed by atoms with Crippen LogP contribution in [-0.4, -0.2) is 4.92 Å². The topological polar surface area (TPSA) is 66.9 Å². The summed E-state index contributed by atoms with van der Waals surface area (Å²) in [6.45, 7) is 2.04. The van der Waals surface area contributed by atoms with E-state index in [1.165, 1.54) is 6.07 Å². The lowest BCUT2D eigenvalue weighted by atomic mass is 9.95. The quantitative estimate of drug-likeness (QED) is 0.618. The van der Waals surface area contributed by atoms with Crippen LogP contribution in [0.4, 0.5) is 5.69 Å². The monoisotopic (exact) mass is 266 g/mol. The van der Waals surface area contributed by atoms with Gasteiger partial charge in [0.2, 0.25) is 0 Å². The Morgan fingerprint density at radius 2 is 1.90 bits per heavy atom. The Morgan fingerprint density at radius 3 is 2.45 bits per heavy atom. The van der Waals surface area contributed by atoms with Gasteiger partial charge in [-0.05, 0) is 41.3 Å². The van der Waals surface area contributed by atoms with Crippen LogP contribution in [0.25, 0.3) is 11.1 Å². The first-order valence-electron chi connectivity index (χ1n) is 6.43. The van der Waals surface area contributed by atoms with Gasteiger partial charge in [-0.2, -0.15) is 5.26 Å². The van der Waals surface area contributed by atoms with Crippen LogP contribution in [0.5, 0.6) is 0 Å². The van der Waals surface area contributed by atoms with Crippen molar-refractivity contribution in [2.45, 2.75) is 19.8 Å². The largest absolute Gasteiger partial charge is 0.269 e. The third-order valence-corrected chi connectivity index (χ3v) is 3.14. The van der Waals surface area contributed by atoms with Crippen molar-refractivity contribution in [3.05, 3.63) is 63.7 Å². The number of aryl methyl sites for hydroxylation is 1. The number of benzene rings is 2. The molecular formula is C16H14N2O2. The molecule has 20 heavy (non-hydrogen) atoms. The molecule has 0 aliphatic heterocycles. The smallest absolute Gasteiger partial charge is 0.258 e. The van der Waals surface area contributed by atoms with Gasteiger partial charge in [0.15, 0.2) is 0 Å². The number of non-ortho nitro benzene ring substituents is 1. The first kappa shape index (κ1) is 13.8. The molecule has 2 aromatic rings. The molecule has 0 saturated heterocycles. The summed E-state index contributed by atoms with van der Waals surface area (Å²) in [7, 11) is 0. The molecule has 0 atom stereocenters. The Balaban J connectivity index is 2.48. The highest BCUT2D eigenvalue weighted by Gasteiger charge is 2.11. The fourth-order valence-corrected chi connectivity index (χ4v) is 2.18. The number of hydrogen-bond donors (Lipinski definition) is 0. The van der Waals surface area contributed by atoms with Crippen LogP contribution in [0.2, 0.25) is 0 Å². The fraction of sp³-hybridized carbons (Fsp3) is 0.188. The number of rotatable bonds is 4. The molecule has 0 heterocycles. The lowest BCUT2D eigenvalue weighted by Gasteiger charge is -2.09. The highest BCUT2D eigenvalue weighted by Crippen LogP contribution is 2.28. The van der Waals surface area contributed by atoms with Crippen LogP contribution < -0.4 is 0 Å². The van der Waals surface area contributed by atoms with Crippen LogP contribution in [0, 0.1) is 21.4 Å². The van der Waals surface area contributed by atoms with E-state index in [4.69, 9.17) is 5.26 Å². The normalized spacial score (nSPS) is 10.0. The Labute approximate surface area is 117 Å². The minimum Gasteiger partial charge on any atom is -0.258 e. The summed E-state index contributed by atoms with van der Waals surface area (Å²) in [6, 6.07) is 14.3. The molecule has 0 unspecified atom stereocenters. The molecule has 100 valence electrons. The lowest BCUT2D eigenvalue weighted by Crippen LogP contribution is -1.94. The summed E-state index contributed by atoms with van der Waals surface area (Å²) in [5.74, 6) is 0. The SMILES string of the molecule is CCCc1cc([N+](=O)[O-])ccc1-c1ccc(C#N)cc1. The van der Waals surface area contributed by atoms with Crippen molar-refractivity contribution in [3.8, 4) is 17.2 Å². The molecule has 4 heteroatoms. The minimum atomic E-state index is -0.373. The zero-order chi connectivity index (χ0) is 14.5. The average Bonchev–Trinajstić information content (AvgIpc) is 2.47. The van der Waals surface area contributed by atoms with Gasteiger partial charge >= 0.3 is 0 Å². The molecule has 4 nitrogen and oxygen atoms in total. The molecule has 0 spiro atoms. The number of nitrogens with zero attached hydrogens (tertiary/aromatic N) is 2. The van der Waals surface area contributed by atoms with Crippen LogP contribution in [0.15, 0.2) is 42.5 Å². The standard InChI is InChI=1S/C16H14N2O2/c1-2-3-14-10-15(18(19)20)8-9-16(14)13-6-4-12(11-17)5-7-13/h4-10H,2-3H2,1H3. The van der Waals surface area contributed by atoms with Crippen LogP contribution >= 0.6 is 0 Å². The maximum Gasteiger partial charge on any atom is 0.269 e. The second kappa shape index (κ2) is 5.98. The maximum atomic E-state index is 10.9. The summed E-state index contributed by atoms with van der Waals surface area (Å²) in [5.41, 5.74) is 3.65. The first-order valence-corrected chi connectivity index (χ1v) is 6.43. The van der Waals surface area contributed by atoms with Gasteiger partial charge in [0.25, 0.3) is 5.69 Å². The van der Waals surface area contributed by atoms with Crippen molar-refractivity contribution >= 4 is 5.69 Å². The molecule has 2 rings (SSSR count). The maximum absolute atomic E-state index is 10.9. The van der Waals surface area contributed by atoms with E-state index in [0.717, 1.165) is 29.5 Å². The van der Waals surface area contributed by atoms with E-state index in [-0.39, 0.29) is 10.6 Å². The predicted molar refractivity (Wildman–Crippen MR) is 77.2 cm³/mol. The van der Waals surface area contributed by atoms with E-state index in [2.05, 4.69) is 6.07 Å². The van der Waals surface area contributed by atoms with Crippen molar-refractivity contribution in [1.82, 2.24) is 0 Å². The number of nitro groups is 1. The molecule has 0 bridgehead atoms. The third kappa shape index (κ3) is 2.83. The van der Waals surface area contributed by atoms with Gasteiger partial charge in [0.05, 0.1) is 16.6 Å². The van der Waals surface area contributed by atoms with Gasteiger partial charge in [0, 0.05) is 12.1 Å². The summed E-state index contributed by atoms with van der Waals surface area (Å²) >= 11 is 0. The van der Waals surface area contributed by atoms with Crippen LogP contribution in [0.3, 0.4) is 0 Å². The first-order chi connectivity index (χ1) is 9.65. The van der Waals surface area contributed by atoms with Crippen molar-refractivity contribution in [2.75, 3.05) is 0 Å². The van der Waals surface area contributed by atoms with Gasteiger partial charge in [0.1, 0.15) is 0 Å². The minimum absolute atomic E-state index is 0.117. The molecule has 0 saturated carbocycles. The Bertz CT molecular complexity index is 670. The van der Waals surface area contributed by atoms with Crippen LogP contribution in [0.1, 0.15) is 24.5 Å². The third-order valence-electron chi connectivity index (χ3n) is 3.14. The molecule has 0 N–H and O–H groups in total. The molecule has 2 aromatic carbocycles. The molecule has 0 aliphatic rings.